The monoisotopic (exact) mass is 519 g/mol. The van der Waals surface area contributed by atoms with Crippen molar-refractivity contribution in [1.29, 1.82) is 0 Å². The number of hydrogen-bond donors (Lipinski definition) is 1. The fourth-order valence-electron chi connectivity index (χ4n) is 4.97. The predicted octanol–water partition coefficient (Wildman–Crippen LogP) is 5.96. The molecule has 3 aromatic carbocycles. The summed E-state index contributed by atoms with van der Waals surface area (Å²) >= 11 is 6.41. The summed E-state index contributed by atoms with van der Waals surface area (Å²) in [7, 11) is 0. The first-order valence-electron chi connectivity index (χ1n) is 13.1. The van der Waals surface area contributed by atoms with Crippen LogP contribution in [-0.4, -0.2) is 41.8 Å². The zero-order valence-corrected chi connectivity index (χ0v) is 22.3. The van der Waals surface area contributed by atoms with Crippen LogP contribution in [0, 0.1) is 0 Å². The Kier molecular flexibility index (Phi) is 8.82. The quantitative estimate of drug-likeness (QED) is 0.300. The lowest BCUT2D eigenvalue weighted by Gasteiger charge is -2.31. The molecule has 1 aliphatic heterocycles. The maximum Gasteiger partial charge on any atom is 0.258 e. The summed E-state index contributed by atoms with van der Waals surface area (Å²) in [5.74, 6) is -0.304. The van der Waals surface area contributed by atoms with Crippen molar-refractivity contribution < 1.29 is 14.4 Å². The van der Waals surface area contributed by atoms with Crippen molar-refractivity contribution in [3.05, 3.63) is 76.8 Å². The van der Waals surface area contributed by atoms with Crippen molar-refractivity contribution in [3.63, 3.8) is 0 Å². The van der Waals surface area contributed by atoms with Gasteiger partial charge >= 0.3 is 0 Å². The molecule has 37 heavy (non-hydrogen) atoms. The molecule has 0 fully saturated rings. The van der Waals surface area contributed by atoms with Crippen LogP contribution in [0.1, 0.15) is 61.9 Å². The smallest absolute Gasteiger partial charge is 0.258 e. The maximum absolute atomic E-state index is 13.6. The first-order chi connectivity index (χ1) is 18.0. The molecule has 3 aromatic rings. The molecule has 0 saturated heterocycles. The highest BCUT2D eigenvalue weighted by Crippen LogP contribution is 2.37. The summed E-state index contributed by atoms with van der Waals surface area (Å²) in [6, 6.07) is 18.5. The predicted molar refractivity (Wildman–Crippen MR) is 149 cm³/mol. The van der Waals surface area contributed by atoms with E-state index in [1.165, 1.54) is 0 Å². The maximum atomic E-state index is 13.6. The van der Waals surface area contributed by atoms with Crippen LogP contribution in [0.2, 0.25) is 5.02 Å². The van der Waals surface area contributed by atoms with Gasteiger partial charge in [-0.25, -0.2) is 0 Å². The summed E-state index contributed by atoms with van der Waals surface area (Å²) in [5, 5.41) is 5.55. The molecule has 7 heteroatoms. The molecule has 3 amide bonds. The fraction of sp³-hybridized carbons (Fsp3) is 0.367. The average Bonchev–Trinajstić information content (AvgIpc) is 3.18. The van der Waals surface area contributed by atoms with Crippen molar-refractivity contribution in [2.24, 2.45) is 0 Å². The first kappa shape index (κ1) is 26.7. The standard InChI is InChI=1S/C30H34ClN3O3/c1-3-5-18-32-29(36)25(4-2)34(20-22-11-6-7-15-24(22)31)27(35)17-10-19-33-26-16-9-13-21-12-8-14-23(28(21)26)30(33)37/h6-9,11-16,25H,3-5,10,17-20H2,1-2H3,(H,32,36)/t25-/m0/s1. The molecular formula is C30H34ClN3O3. The molecular weight excluding hydrogens is 486 g/mol. The third kappa shape index (κ3) is 5.80. The zero-order valence-electron chi connectivity index (χ0n) is 21.5. The number of halogens is 1. The molecule has 0 unspecified atom stereocenters. The Morgan fingerprint density at radius 1 is 1.00 bits per heavy atom. The topological polar surface area (TPSA) is 69.7 Å². The Morgan fingerprint density at radius 2 is 1.76 bits per heavy atom. The third-order valence-corrected chi connectivity index (χ3v) is 7.30. The minimum atomic E-state index is -0.591. The van der Waals surface area contributed by atoms with E-state index in [1.54, 1.807) is 15.9 Å². The number of nitrogens with zero attached hydrogens (tertiary/aromatic N) is 2. The minimum absolute atomic E-state index is 0.0334. The van der Waals surface area contributed by atoms with Crippen LogP contribution >= 0.6 is 11.6 Å². The fourth-order valence-corrected chi connectivity index (χ4v) is 5.16. The second-order valence-corrected chi connectivity index (χ2v) is 9.83. The molecule has 0 aromatic heterocycles. The van der Waals surface area contributed by atoms with Gasteiger partial charge in [0.25, 0.3) is 5.91 Å². The van der Waals surface area contributed by atoms with Gasteiger partial charge in [0.15, 0.2) is 0 Å². The molecule has 0 bridgehead atoms. The molecule has 1 heterocycles. The summed E-state index contributed by atoms with van der Waals surface area (Å²) in [6.45, 7) is 5.25. The van der Waals surface area contributed by atoms with Gasteiger partial charge in [-0.3, -0.25) is 14.4 Å². The van der Waals surface area contributed by atoms with E-state index >= 15 is 0 Å². The van der Waals surface area contributed by atoms with Gasteiger partial charge in [0.1, 0.15) is 6.04 Å². The molecule has 1 atom stereocenters. The summed E-state index contributed by atoms with van der Waals surface area (Å²) < 4.78 is 0. The second-order valence-electron chi connectivity index (χ2n) is 9.42. The van der Waals surface area contributed by atoms with Crippen LogP contribution < -0.4 is 10.2 Å². The molecule has 0 radical (unpaired) electrons. The Morgan fingerprint density at radius 3 is 2.49 bits per heavy atom. The Labute approximate surface area is 223 Å². The summed E-state index contributed by atoms with van der Waals surface area (Å²) in [4.78, 5) is 43.1. The van der Waals surface area contributed by atoms with E-state index in [-0.39, 0.29) is 30.7 Å². The number of benzene rings is 3. The van der Waals surface area contributed by atoms with E-state index in [0.29, 0.717) is 36.5 Å². The largest absolute Gasteiger partial charge is 0.354 e. The van der Waals surface area contributed by atoms with E-state index in [1.807, 2.05) is 61.5 Å². The molecule has 194 valence electrons. The van der Waals surface area contributed by atoms with Gasteiger partial charge in [-0.1, -0.05) is 74.3 Å². The van der Waals surface area contributed by atoms with Gasteiger partial charge in [0, 0.05) is 42.0 Å². The number of unbranched alkanes of at least 4 members (excludes halogenated alkanes) is 1. The molecule has 0 spiro atoms. The van der Waals surface area contributed by atoms with Crippen LogP contribution in [0.3, 0.4) is 0 Å². The normalized spacial score (nSPS) is 13.2. The van der Waals surface area contributed by atoms with Crippen LogP contribution in [-0.2, 0) is 16.1 Å². The molecule has 6 nitrogen and oxygen atoms in total. The van der Waals surface area contributed by atoms with E-state index in [9.17, 15) is 14.4 Å². The first-order valence-corrected chi connectivity index (χ1v) is 13.5. The number of rotatable bonds is 12. The van der Waals surface area contributed by atoms with Gasteiger partial charge in [-0.05, 0) is 48.4 Å². The van der Waals surface area contributed by atoms with Gasteiger partial charge in [-0.15, -0.1) is 0 Å². The van der Waals surface area contributed by atoms with Crippen molar-refractivity contribution >= 4 is 45.8 Å². The van der Waals surface area contributed by atoms with Crippen molar-refractivity contribution in [2.45, 2.75) is 58.5 Å². The lowest BCUT2D eigenvalue weighted by molar-refractivity contribution is -0.141. The van der Waals surface area contributed by atoms with Crippen LogP contribution in [0.25, 0.3) is 10.8 Å². The van der Waals surface area contributed by atoms with E-state index in [2.05, 4.69) is 12.2 Å². The highest BCUT2D eigenvalue weighted by molar-refractivity contribution is 6.31. The minimum Gasteiger partial charge on any atom is -0.354 e. The average molecular weight is 520 g/mol. The Balaban J connectivity index is 1.48. The summed E-state index contributed by atoms with van der Waals surface area (Å²) in [5.41, 5.74) is 2.39. The van der Waals surface area contributed by atoms with Crippen molar-refractivity contribution in [2.75, 3.05) is 18.0 Å². The van der Waals surface area contributed by atoms with Gasteiger partial charge in [-0.2, -0.15) is 0 Å². The Hall–Kier alpha value is -3.38. The number of amides is 3. The molecule has 1 aliphatic rings. The van der Waals surface area contributed by atoms with Crippen molar-refractivity contribution in [1.82, 2.24) is 10.2 Å². The number of anilines is 1. The summed E-state index contributed by atoms with van der Waals surface area (Å²) in [6.07, 6.45) is 3.07. The van der Waals surface area contributed by atoms with Gasteiger partial charge in [0.2, 0.25) is 11.8 Å². The van der Waals surface area contributed by atoms with E-state index < -0.39 is 6.04 Å². The number of carbonyl (C=O) groups is 3. The highest BCUT2D eigenvalue weighted by atomic mass is 35.5. The van der Waals surface area contributed by atoms with Crippen molar-refractivity contribution in [3.8, 4) is 0 Å². The lowest BCUT2D eigenvalue weighted by Crippen LogP contribution is -2.49. The molecule has 0 saturated carbocycles. The molecule has 4 rings (SSSR count). The van der Waals surface area contributed by atoms with Crippen LogP contribution in [0.15, 0.2) is 60.7 Å². The van der Waals surface area contributed by atoms with Crippen LogP contribution in [0.5, 0.6) is 0 Å². The lowest BCUT2D eigenvalue weighted by atomic mass is 10.1. The van der Waals surface area contributed by atoms with E-state index in [4.69, 9.17) is 11.6 Å². The third-order valence-electron chi connectivity index (χ3n) is 6.94. The second kappa shape index (κ2) is 12.2. The van der Waals surface area contributed by atoms with Crippen LogP contribution in [0.4, 0.5) is 5.69 Å². The molecule has 1 N–H and O–H groups in total. The Bertz CT molecular complexity index is 1290. The van der Waals surface area contributed by atoms with E-state index in [0.717, 1.165) is 34.9 Å². The SMILES string of the molecule is CCCCNC(=O)[C@H](CC)N(Cc1ccccc1Cl)C(=O)CCCN1C(=O)c2cccc3cccc1c23. The van der Waals surface area contributed by atoms with Gasteiger partial charge < -0.3 is 15.1 Å². The number of nitrogens with one attached hydrogen (secondary N) is 1. The highest BCUT2D eigenvalue weighted by Gasteiger charge is 2.31. The zero-order chi connectivity index (χ0) is 26.4. The van der Waals surface area contributed by atoms with Gasteiger partial charge in [0.05, 0.1) is 5.69 Å². The number of carbonyl (C=O) groups excluding carboxylic acids is 3. The number of hydrogen-bond acceptors (Lipinski definition) is 3. The molecule has 0 aliphatic carbocycles.